The van der Waals surface area contributed by atoms with Gasteiger partial charge in [0.1, 0.15) is 11.4 Å². The van der Waals surface area contributed by atoms with E-state index in [4.69, 9.17) is 21.1 Å². The van der Waals surface area contributed by atoms with Crippen LogP contribution < -0.4 is 9.47 Å². The van der Waals surface area contributed by atoms with Crippen LogP contribution in [0.2, 0.25) is 5.02 Å². The van der Waals surface area contributed by atoms with Crippen LogP contribution in [0.5, 0.6) is 11.5 Å². The molecule has 0 amide bonds. The number of hydrogen-bond donors (Lipinski definition) is 0. The van der Waals surface area contributed by atoms with E-state index in [9.17, 15) is 8.42 Å². The monoisotopic (exact) mass is 327 g/mol. The second-order valence-corrected chi connectivity index (χ2v) is 6.64. The molecular weight excluding hydrogens is 314 g/mol. The molecule has 1 aromatic heterocycles. The average molecular weight is 328 g/mol. The Hall–Kier alpha value is -1.79. The van der Waals surface area contributed by atoms with Crippen molar-refractivity contribution in [3.05, 3.63) is 47.2 Å². The first-order chi connectivity index (χ1) is 9.97. The van der Waals surface area contributed by atoms with Crippen molar-refractivity contribution < 1.29 is 17.9 Å². The van der Waals surface area contributed by atoms with Crippen molar-refractivity contribution in [1.29, 1.82) is 0 Å². The van der Waals surface area contributed by atoms with E-state index in [2.05, 4.69) is 4.98 Å². The van der Waals surface area contributed by atoms with Crippen molar-refractivity contribution in [1.82, 2.24) is 4.98 Å². The number of nitrogens with zero attached hydrogens (tertiary/aromatic N) is 1. The highest BCUT2D eigenvalue weighted by Gasteiger charge is 2.21. The summed E-state index contributed by atoms with van der Waals surface area (Å²) in [5.74, 6) is 0.447. The standard InChI is InChI=1S/C14H14ClNO4S/c1-19-13-6-7-16-12(14(13)20-2)9-21(17,18)11-5-3-4-10(15)8-11/h3-8H,9H2,1-2H3. The number of methoxy groups -OCH3 is 2. The molecule has 0 fully saturated rings. The Kier molecular flexibility index (Phi) is 4.69. The van der Waals surface area contributed by atoms with E-state index < -0.39 is 9.84 Å². The van der Waals surface area contributed by atoms with Gasteiger partial charge in [0.05, 0.1) is 19.1 Å². The summed E-state index contributed by atoms with van der Waals surface area (Å²) in [6.07, 6.45) is 1.48. The molecule has 112 valence electrons. The lowest BCUT2D eigenvalue weighted by Crippen LogP contribution is -2.08. The van der Waals surface area contributed by atoms with Crippen LogP contribution in [0.3, 0.4) is 0 Å². The summed E-state index contributed by atoms with van der Waals surface area (Å²) in [5, 5.41) is 0.363. The van der Waals surface area contributed by atoms with Gasteiger partial charge in [-0.2, -0.15) is 0 Å². The minimum atomic E-state index is -3.58. The Morgan fingerprint density at radius 2 is 1.95 bits per heavy atom. The smallest absolute Gasteiger partial charge is 0.184 e. The summed E-state index contributed by atoms with van der Waals surface area (Å²) >= 11 is 5.84. The number of pyridine rings is 1. The van der Waals surface area contributed by atoms with Crippen LogP contribution in [0.1, 0.15) is 5.69 Å². The molecule has 1 heterocycles. The van der Waals surface area contributed by atoms with Gasteiger partial charge in [0.2, 0.25) is 0 Å². The van der Waals surface area contributed by atoms with Gasteiger partial charge in [0.15, 0.2) is 21.3 Å². The van der Waals surface area contributed by atoms with Gasteiger partial charge in [-0.25, -0.2) is 8.42 Å². The Morgan fingerprint density at radius 1 is 1.19 bits per heavy atom. The fraction of sp³-hybridized carbons (Fsp3) is 0.214. The van der Waals surface area contributed by atoms with E-state index in [-0.39, 0.29) is 16.3 Å². The van der Waals surface area contributed by atoms with Crippen LogP contribution in [0.4, 0.5) is 0 Å². The van der Waals surface area contributed by atoms with Crippen molar-refractivity contribution in [2.24, 2.45) is 0 Å². The van der Waals surface area contributed by atoms with Gasteiger partial charge >= 0.3 is 0 Å². The van der Waals surface area contributed by atoms with Crippen LogP contribution in [-0.2, 0) is 15.6 Å². The number of benzene rings is 1. The third-order valence-corrected chi connectivity index (χ3v) is 4.71. The summed E-state index contributed by atoms with van der Waals surface area (Å²) in [4.78, 5) is 4.21. The SMILES string of the molecule is COc1ccnc(CS(=O)(=O)c2cccc(Cl)c2)c1OC. The Morgan fingerprint density at radius 3 is 2.57 bits per heavy atom. The average Bonchev–Trinajstić information content (AvgIpc) is 2.46. The normalized spacial score (nSPS) is 11.2. The molecule has 0 bridgehead atoms. The highest BCUT2D eigenvalue weighted by atomic mass is 35.5. The minimum Gasteiger partial charge on any atom is -0.493 e. The molecule has 0 aliphatic rings. The van der Waals surface area contributed by atoms with Crippen LogP contribution in [-0.4, -0.2) is 27.6 Å². The van der Waals surface area contributed by atoms with E-state index in [0.29, 0.717) is 16.5 Å². The number of halogens is 1. The lowest BCUT2D eigenvalue weighted by molar-refractivity contribution is 0.350. The zero-order chi connectivity index (χ0) is 15.5. The first-order valence-electron chi connectivity index (χ1n) is 6.02. The summed E-state index contributed by atoms with van der Waals surface area (Å²) in [6, 6.07) is 7.71. The molecule has 2 aromatic rings. The molecular formula is C14H14ClNO4S. The quantitative estimate of drug-likeness (QED) is 0.844. The maximum absolute atomic E-state index is 12.4. The lowest BCUT2D eigenvalue weighted by atomic mass is 10.3. The largest absolute Gasteiger partial charge is 0.493 e. The number of aromatic nitrogens is 1. The molecule has 21 heavy (non-hydrogen) atoms. The second kappa shape index (κ2) is 6.32. The maximum atomic E-state index is 12.4. The van der Waals surface area contributed by atoms with Gasteiger partial charge < -0.3 is 9.47 Å². The molecule has 0 N–H and O–H groups in total. The molecule has 0 saturated carbocycles. The number of sulfone groups is 1. The van der Waals surface area contributed by atoms with E-state index in [0.717, 1.165) is 0 Å². The van der Waals surface area contributed by atoms with Crippen molar-refractivity contribution in [3.8, 4) is 11.5 Å². The second-order valence-electron chi connectivity index (χ2n) is 4.21. The molecule has 2 rings (SSSR count). The van der Waals surface area contributed by atoms with Crippen molar-refractivity contribution in [2.45, 2.75) is 10.6 Å². The van der Waals surface area contributed by atoms with Crippen LogP contribution in [0, 0.1) is 0 Å². The first-order valence-corrected chi connectivity index (χ1v) is 8.05. The molecule has 0 aliphatic carbocycles. The Bertz CT molecular complexity index is 746. The molecule has 0 radical (unpaired) electrons. The predicted octanol–water partition coefficient (Wildman–Crippen LogP) is 2.73. The fourth-order valence-corrected chi connectivity index (χ4v) is 3.46. The predicted molar refractivity (Wildman–Crippen MR) is 79.7 cm³/mol. The molecule has 0 atom stereocenters. The highest BCUT2D eigenvalue weighted by molar-refractivity contribution is 7.90. The highest BCUT2D eigenvalue weighted by Crippen LogP contribution is 2.31. The first kappa shape index (κ1) is 15.6. The lowest BCUT2D eigenvalue weighted by Gasteiger charge is -2.12. The van der Waals surface area contributed by atoms with E-state index in [1.54, 1.807) is 18.2 Å². The number of rotatable bonds is 5. The topological polar surface area (TPSA) is 65.5 Å². The van der Waals surface area contributed by atoms with Gasteiger partial charge in [-0.15, -0.1) is 0 Å². The van der Waals surface area contributed by atoms with E-state index >= 15 is 0 Å². The van der Waals surface area contributed by atoms with Gasteiger partial charge in [-0.05, 0) is 18.2 Å². The third-order valence-electron chi connectivity index (χ3n) is 2.85. The Labute approximate surface area is 128 Å². The molecule has 7 heteroatoms. The molecule has 0 spiro atoms. The third kappa shape index (κ3) is 3.46. The van der Waals surface area contributed by atoms with Crippen LogP contribution in [0.25, 0.3) is 0 Å². The van der Waals surface area contributed by atoms with Crippen molar-refractivity contribution in [2.75, 3.05) is 14.2 Å². The van der Waals surface area contributed by atoms with Crippen LogP contribution >= 0.6 is 11.6 Å². The summed E-state index contributed by atoms with van der Waals surface area (Å²) in [7, 11) is -0.657. The van der Waals surface area contributed by atoms with E-state index in [1.807, 2.05) is 0 Å². The zero-order valence-electron chi connectivity index (χ0n) is 11.5. The van der Waals surface area contributed by atoms with E-state index in [1.165, 1.54) is 32.5 Å². The molecule has 5 nitrogen and oxygen atoms in total. The van der Waals surface area contributed by atoms with Crippen LogP contribution in [0.15, 0.2) is 41.4 Å². The van der Waals surface area contributed by atoms with Gasteiger partial charge in [-0.3, -0.25) is 4.98 Å². The summed E-state index contributed by atoms with van der Waals surface area (Å²) < 4.78 is 35.2. The fourth-order valence-electron chi connectivity index (χ4n) is 1.88. The summed E-state index contributed by atoms with van der Waals surface area (Å²) in [6.45, 7) is 0. The Balaban J connectivity index is 2.42. The minimum absolute atomic E-state index is 0.140. The summed E-state index contributed by atoms with van der Waals surface area (Å²) in [5.41, 5.74) is 0.289. The van der Waals surface area contributed by atoms with Gasteiger partial charge in [0, 0.05) is 17.3 Å². The molecule has 0 unspecified atom stereocenters. The number of hydrogen-bond acceptors (Lipinski definition) is 5. The van der Waals surface area contributed by atoms with Crippen molar-refractivity contribution in [3.63, 3.8) is 0 Å². The van der Waals surface area contributed by atoms with Gasteiger partial charge in [0.25, 0.3) is 0 Å². The molecule has 1 aromatic carbocycles. The molecule has 0 saturated heterocycles. The van der Waals surface area contributed by atoms with Gasteiger partial charge in [-0.1, -0.05) is 17.7 Å². The van der Waals surface area contributed by atoms with Crippen molar-refractivity contribution >= 4 is 21.4 Å². The molecule has 0 aliphatic heterocycles. The zero-order valence-corrected chi connectivity index (χ0v) is 13.1. The number of ether oxygens (including phenoxy) is 2. The maximum Gasteiger partial charge on any atom is 0.184 e.